The average Bonchev–Trinajstić information content (AvgIpc) is 2.74. The molecular weight excluding hydrogens is 402 g/mol. The molecule has 0 aromatic heterocycles. The molecule has 1 aliphatic rings. The lowest BCUT2D eigenvalue weighted by atomic mass is 10.0. The second kappa shape index (κ2) is 8.65. The topological polar surface area (TPSA) is 70.2 Å². The standard InChI is InChI=1S/C22H29N3O4S/c1-16-14-18(15-21(17(16)2)30(27,28)23(3)4)22(26)25-12-10-24(11-13-25)19-8-6-7-9-20(19)29-5/h6-9,14-15H,10-13H2,1-5H3. The first kappa shape index (κ1) is 22.1. The molecule has 1 heterocycles. The van der Waals surface area contributed by atoms with Gasteiger partial charge in [0.25, 0.3) is 5.91 Å². The Morgan fingerprint density at radius 2 is 1.67 bits per heavy atom. The number of methoxy groups -OCH3 is 1. The van der Waals surface area contributed by atoms with Crippen molar-refractivity contribution >= 4 is 21.6 Å². The summed E-state index contributed by atoms with van der Waals surface area (Å²) in [4.78, 5) is 17.3. The van der Waals surface area contributed by atoms with E-state index in [1.54, 1.807) is 25.0 Å². The Labute approximate surface area is 178 Å². The average molecular weight is 432 g/mol. The highest BCUT2D eigenvalue weighted by Gasteiger charge is 2.27. The maximum atomic E-state index is 13.2. The van der Waals surface area contributed by atoms with E-state index in [-0.39, 0.29) is 10.8 Å². The molecule has 0 saturated carbocycles. The molecule has 0 radical (unpaired) electrons. The highest BCUT2D eigenvalue weighted by Crippen LogP contribution is 2.29. The van der Waals surface area contributed by atoms with Crippen LogP contribution in [0.1, 0.15) is 21.5 Å². The Balaban J connectivity index is 1.81. The van der Waals surface area contributed by atoms with E-state index >= 15 is 0 Å². The third-order valence-corrected chi connectivity index (χ3v) is 7.56. The van der Waals surface area contributed by atoms with Crippen molar-refractivity contribution in [1.29, 1.82) is 0 Å². The van der Waals surface area contributed by atoms with E-state index in [4.69, 9.17) is 4.74 Å². The molecule has 7 nitrogen and oxygen atoms in total. The van der Waals surface area contributed by atoms with Crippen LogP contribution in [-0.4, -0.2) is 70.9 Å². The van der Waals surface area contributed by atoms with Gasteiger partial charge in [-0.15, -0.1) is 0 Å². The molecule has 162 valence electrons. The van der Waals surface area contributed by atoms with Gasteiger partial charge in [0.1, 0.15) is 5.75 Å². The highest BCUT2D eigenvalue weighted by molar-refractivity contribution is 7.89. The number of carbonyl (C=O) groups is 1. The minimum atomic E-state index is -3.63. The number of para-hydroxylation sites is 2. The largest absolute Gasteiger partial charge is 0.495 e. The predicted molar refractivity (Wildman–Crippen MR) is 118 cm³/mol. The first-order chi connectivity index (χ1) is 14.2. The van der Waals surface area contributed by atoms with Gasteiger partial charge in [-0.3, -0.25) is 4.79 Å². The van der Waals surface area contributed by atoms with Crippen LogP contribution in [0.15, 0.2) is 41.3 Å². The zero-order valence-corrected chi connectivity index (χ0v) is 19.0. The van der Waals surface area contributed by atoms with E-state index in [1.165, 1.54) is 24.5 Å². The number of aryl methyl sites for hydroxylation is 1. The molecule has 30 heavy (non-hydrogen) atoms. The minimum absolute atomic E-state index is 0.145. The van der Waals surface area contributed by atoms with Crippen molar-refractivity contribution in [2.75, 3.05) is 52.3 Å². The van der Waals surface area contributed by atoms with Crippen LogP contribution < -0.4 is 9.64 Å². The van der Waals surface area contributed by atoms with E-state index in [0.29, 0.717) is 37.3 Å². The number of benzene rings is 2. The summed E-state index contributed by atoms with van der Waals surface area (Å²) in [6.45, 7) is 6.07. The van der Waals surface area contributed by atoms with Crippen molar-refractivity contribution in [3.8, 4) is 5.75 Å². The zero-order chi connectivity index (χ0) is 22.1. The van der Waals surface area contributed by atoms with Gasteiger partial charge in [-0.25, -0.2) is 12.7 Å². The fraction of sp³-hybridized carbons (Fsp3) is 0.409. The van der Waals surface area contributed by atoms with Gasteiger partial charge in [0.15, 0.2) is 0 Å². The minimum Gasteiger partial charge on any atom is -0.495 e. The number of anilines is 1. The molecule has 0 N–H and O–H groups in total. The quantitative estimate of drug-likeness (QED) is 0.728. The van der Waals surface area contributed by atoms with Crippen molar-refractivity contribution in [3.63, 3.8) is 0 Å². The number of hydrogen-bond donors (Lipinski definition) is 0. The van der Waals surface area contributed by atoms with Gasteiger partial charge in [-0.1, -0.05) is 12.1 Å². The number of ether oxygens (including phenoxy) is 1. The number of piperazine rings is 1. The lowest BCUT2D eigenvalue weighted by Gasteiger charge is -2.36. The van der Waals surface area contributed by atoms with E-state index < -0.39 is 10.0 Å². The van der Waals surface area contributed by atoms with Crippen LogP contribution in [0.2, 0.25) is 0 Å². The van der Waals surface area contributed by atoms with Gasteiger partial charge in [0, 0.05) is 45.8 Å². The van der Waals surface area contributed by atoms with E-state index in [1.807, 2.05) is 31.2 Å². The molecule has 0 bridgehead atoms. The van der Waals surface area contributed by atoms with Crippen molar-refractivity contribution in [2.45, 2.75) is 18.7 Å². The summed E-state index contributed by atoms with van der Waals surface area (Å²) < 4.78 is 32.0. The highest BCUT2D eigenvalue weighted by atomic mass is 32.2. The monoisotopic (exact) mass is 431 g/mol. The molecule has 0 aliphatic carbocycles. The van der Waals surface area contributed by atoms with Gasteiger partial charge in [-0.05, 0) is 49.2 Å². The van der Waals surface area contributed by atoms with Crippen molar-refractivity contribution in [3.05, 3.63) is 53.1 Å². The first-order valence-corrected chi connectivity index (χ1v) is 11.3. The van der Waals surface area contributed by atoms with Gasteiger partial charge in [-0.2, -0.15) is 0 Å². The van der Waals surface area contributed by atoms with Crippen molar-refractivity contribution in [1.82, 2.24) is 9.21 Å². The molecule has 1 fully saturated rings. The molecule has 2 aromatic rings. The van der Waals surface area contributed by atoms with Gasteiger partial charge >= 0.3 is 0 Å². The molecule has 3 rings (SSSR count). The molecule has 1 saturated heterocycles. The summed E-state index contributed by atoms with van der Waals surface area (Å²) in [6, 6.07) is 11.1. The van der Waals surface area contributed by atoms with Crippen molar-refractivity contribution in [2.24, 2.45) is 0 Å². The lowest BCUT2D eigenvalue weighted by Crippen LogP contribution is -2.49. The zero-order valence-electron chi connectivity index (χ0n) is 18.2. The third kappa shape index (κ3) is 4.15. The van der Waals surface area contributed by atoms with E-state index in [9.17, 15) is 13.2 Å². The van der Waals surface area contributed by atoms with Gasteiger partial charge in [0.05, 0.1) is 17.7 Å². The Bertz CT molecular complexity index is 1040. The molecular formula is C22H29N3O4S. The molecule has 0 unspecified atom stereocenters. The van der Waals surface area contributed by atoms with Gasteiger partial charge < -0.3 is 14.5 Å². The number of amides is 1. The summed E-state index contributed by atoms with van der Waals surface area (Å²) in [5.41, 5.74) is 2.87. The summed E-state index contributed by atoms with van der Waals surface area (Å²) in [6.07, 6.45) is 0. The second-order valence-corrected chi connectivity index (χ2v) is 9.78. The number of carbonyl (C=O) groups excluding carboxylic acids is 1. The Hall–Kier alpha value is -2.58. The maximum absolute atomic E-state index is 13.2. The van der Waals surface area contributed by atoms with E-state index in [0.717, 1.165) is 17.0 Å². The summed E-state index contributed by atoms with van der Waals surface area (Å²) >= 11 is 0. The summed E-state index contributed by atoms with van der Waals surface area (Å²) in [5.74, 6) is 0.665. The molecule has 0 atom stereocenters. The fourth-order valence-electron chi connectivity index (χ4n) is 3.64. The van der Waals surface area contributed by atoms with Crippen LogP contribution in [0, 0.1) is 13.8 Å². The summed E-state index contributed by atoms with van der Waals surface area (Å²) in [5, 5.41) is 0. The molecule has 0 spiro atoms. The second-order valence-electron chi connectivity index (χ2n) is 7.65. The lowest BCUT2D eigenvalue weighted by molar-refractivity contribution is 0.0746. The summed E-state index contributed by atoms with van der Waals surface area (Å²) in [7, 11) is 1.01. The fourth-order valence-corrected chi connectivity index (χ4v) is 4.86. The Morgan fingerprint density at radius 1 is 1.03 bits per heavy atom. The molecule has 2 aromatic carbocycles. The maximum Gasteiger partial charge on any atom is 0.254 e. The van der Waals surface area contributed by atoms with Crippen LogP contribution in [-0.2, 0) is 10.0 Å². The first-order valence-electron chi connectivity index (χ1n) is 9.88. The van der Waals surface area contributed by atoms with Crippen LogP contribution in [0.4, 0.5) is 5.69 Å². The van der Waals surface area contributed by atoms with Crippen LogP contribution in [0.3, 0.4) is 0 Å². The van der Waals surface area contributed by atoms with Crippen molar-refractivity contribution < 1.29 is 17.9 Å². The SMILES string of the molecule is COc1ccccc1N1CCN(C(=O)c2cc(C)c(C)c(S(=O)(=O)N(C)C)c2)CC1. The van der Waals surface area contributed by atoms with Crippen LogP contribution in [0.25, 0.3) is 0 Å². The van der Waals surface area contributed by atoms with Crippen LogP contribution >= 0.6 is 0 Å². The number of hydrogen-bond acceptors (Lipinski definition) is 5. The normalized spacial score (nSPS) is 14.9. The number of sulfonamides is 1. The van der Waals surface area contributed by atoms with E-state index in [2.05, 4.69) is 4.90 Å². The van der Waals surface area contributed by atoms with Crippen LogP contribution in [0.5, 0.6) is 5.75 Å². The molecule has 1 aliphatic heterocycles. The predicted octanol–water partition coefficient (Wildman–Crippen LogP) is 2.52. The molecule has 1 amide bonds. The smallest absolute Gasteiger partial charge is 0.254 e. The number of rotatable bonds is 5. The Kier molecular flexibility index (Phi) is 6.38. The Morgan fingerprint density at radius 3 is 2.27 bits per heavy atom. The molecule has 8 heteroatoms. The number of nitrogens with zero attached hydrogens (tertiary/aromatic N) is 3. The van der Waals surface area contributed by atoms with Gasteiger partial charge in [0.2, 0.25) is 10.0 Å². The third-order valence-electron chi connectivity index (χ3n) is 5.62.